The van der Waals surface area contributed by atoms with Crippen molar-refractivity contribution in [2.24, 2.45) is 5.73 Å². The van der Waals surface area contributed by atoms with E-state index in [2.05, 4.69) is 12.6 Å². The number of rotatable bonds is 3. The molecular weight excluding hydrogens is 222 g/mol. The van der Waals surface area contributed by atoms with E-state index >= 15 is 0 Å². The van der Waals surface area contributed by atoms with Crippen LogP contribution in [0.2, 0.25) is 0 Å². The van der Waals surface area contributed by atoms with Crippen molar-refractivity contribution in [1.29, 1.82) is 0 Å². The van der Waals surface area contributed by atoms with Crippen LogP contribution in [-0.2, 0) is 6.42 Å². The van der Waals surface area contributed by atoms with Crippen molar-refractivity contribution in [3.63, 3.8) is 0 Å². The number of benzene rings is 1. The molecule has 0 aliphatic carbocycles. The van der Waals surface area contributed by atoms with Crippen molar-refractivity contribution >= 4 is 12.6 Å². The predicted molar refractivity (Wildman–Crippen MR) is 64.7 cm³/mol. The molecule has 0 amide bonds. The zero-order valence-electron chi connectivity index (χ0n) is 8.63. The lowest BCUT2D eigenvalue weighted by molar-refractivity contribution is 0.450. The van der Waals surface area contributed by atoms with Crippen molar-refractivity contribution in [3.05, 3.63) is 47.9 Å². The van der Waals surface area contributed by atoms with Gasteiger partial charge in [0.2, 0.25) is 0 Å². The van der Waals surface area contributed by atoms with Crippen LogP contribution in [0.1, 0.15) is 17.4 Å². The van der Waals surface area contributed by atoms with Gasteiger partial charge in [-0.05, 0) is 30.3 Å². The molecule has 0 fully saturated rings. The fraction of sp³-hybridized carbons (Fsp3) is 0.167. The van der Waals surface area contributed by atoms with Gasteiger partial charge < -0.3 is 15.3 Å². The van der Waals surface area contributed by atoms with Crippen molar-refractivity contribution in [1.82, 2.24) is 0 Å². The van der Waals surface area contributed by atoms with Gasteiger partial charge in [0.05, 0.1) is 6.26 Å². The second kappa shape index (κ2) is 4.63. The Hall–Kier alpha value is -1.39. The third kappa shape index (κ3) is 2.40. The lowest BCUT2D eigenvalue weighted by Crippen LogP contribution is -2.13. The second-order valence-corrected chi connectivity index (χ2v) is 4.15. The van der Waals surface area contributed by atoms with Crippen LogP contribution in [0.5, 0.6) is 5.75 Å². The standard InChI is InChI=1S/C12H13NO2S/c13-11(6-8-2-1-5-15-8)10-7-9(16)3-4-12(10)14/h1-5,7,11,14,16H,6,13H2. The van der Waals surface area contributed by atoms with Crippen molar-refractivity contribution in [2.75, 3.05) is 0 Å². The predicted octanol–water partition coefficient (Wildman–Crippen LogP) is 2.52. The molecule has 1 aromatic carbocycles. The summed E-state index contributed by atoms with van der Waals surface area (Å²) in [6, 6.07) is 8.48. The molecule has 3 nitrogen and oxygen atoms in total. The van der Waals surface area contributed by atoms with E-state index in [4.69, 9.17) is 10.2 Å². The van der Waals surface area contributed by atoms with E-state index in [1.54, 1.807) is 24.5 Å². The molecule has 84 valence electrons. The SMILES string of the molecule is NC(Cc1ccco1)c1cc(S)ccc1O. The van der Waals surface area contributed by atoms with Gasteiger partial charge in [-0.15, -0.1) is 12.6 Å². The summed E-state index contributed by atoms with van der Waals surface area (Å²) in [5, 5.41) is 9.69. The van der Waals surface area contributed by atoms with Crippen molar-refractivity contribution < 1.29 is 9.52 Å². The van der Waals surface area contributed by atoms with Crippen LogP contribution in [0.15, 0.2) is 45.9 Å². The highest BCUT2D eigenvalue weighted by atomic mass is 32.1. The third-order valence-electron chi connectivity index (χ3n) is 2.41. The maximum Gasteiger partial charge on any atom is 0.120 e. The first-order valence-electron chi connectivity index (χ1n) is 4.96. The lowest BCUT2D eigenvalue weighted by atomic mass is 10.0. The summed E-state index contributed by atoms with van der Waals surface area (Å²) in [4.78, 5) is 0.780. The minimum atomic E-state index is -0.293. The van der Waals surface area contributed by atoms with Gasteiger partial charge in [-0.3, -0.25) is 0 Å². The highest BCUT2D eigenvalue weighted by molar-refractivity contribution is 7.80. The van der Waals surface area contributed by atoms with Gasteiger partial charge in [-0.1, -0.05) is 0 Å². The highest BCUT2D eigenvalue weighted by Crippen LogP contribution is 2.27. The topological polar surface area (TPSA) is 59.4 Å². The molecule has 0 spiro atoms. The number of phenols is 1. The van der Waals surface area contributed by atoms with Gasteiger partial charge in [-0.25, -0.2) is 0 Å². The Balaban J connectivity index is 2.20. The molecule has 0 radical (unpaired) electrons. The van der Waals surface area contributed by atoms with E-state index in [-0.39, 0.29) is 11.8 Å². The number of aromatic hydroxyl groups is 1. The molecule has 3 N–H and O–H groups in total. The van der Waals surface area contributed by atoms with E-state index in [0.717, 1.165) is 10.7 Å². The minimum absolute atomic E-state index is 0.192. The molecule has 0 aliphatic rings. The lowest BCUT2D eigenvalue weighted by Gasteiger charge is -2.12. The Morgan fingerprint density at radius 1 is 1.38 bits per heavy atom. The Kier molecular flexibility index (Phi) is 3.22. The maximum absolute atomic E-state index is 9.69. The molecule has 2 rings (SSSR count). The summed E-state index contributed by atoms with van der Waals surface area (Å²) < 4.78 is 5.22. The fourth-order valence-corrected chi connectivity index (χ4v) is 1.81. The molecule has 1 atom stereocenters. The second-order valence-electron chi connectivity index (χ2n) is 3.63. The van der Waals surface area contributed by atoms with Crippen molar-refractivity contribution in [3.8, 4) is 5.75 Å². The Labute approximate surface area is 99.3 Å². The Morgan fingerprint density at radius 2 is 2.19 bits per heavy atom. The fourth-order valence-electron chi connectivity index (χ4n) is 1.59. The molecule has 1 aromatic heterocycles. The van der Waals surface area contributed by atoms with Gasteiger partial charge >= 0.3 is 0 Å². The number of thiol groups is 1. The van der Waals surface area contributed by atoms with Gasteiger partial charge in [0.15, 0.2) is 0 Å². The number of furan rings is 1. The molecular formula is C12H13NO2S. The van der Waals surface area contributed by atoms with Crippen LogP contribution in [0.25, 0.3) is 0 Å². The van der Waals surface area contributed by atoms with E-state index in [9.17, 15) is 5.11 Å². The molecule has 4 heteroatoms. The van der Waals surface area contributed by atoms with E-state index in [1.165, 1.54) is 0 Å². The zero-order valence-corrected chi connectivity index (χ0v) is 9.52. The smallest absolute Gasteiger partial charge is 0.120 e. The molecule has 0 bridgehead atoms. The molecule has 2 aromatic rings. The summed E-state index contributed by atoms with van der Waals surface area (Å²) in [6.07, 6.45) is 2.16. The summed E-state index contributed by atoms with van der Waals surface area (Å²) in [5.41, 5.74) is 6.69. The van der Waals surface area contributed by atoms with Crippen LogP contribution in [0.4, 0.5) is 0 Å². The average molecular weight is 235 g/mol. The average Bonchev–Trinajstić information content (AvgIpc) is 2.74. The van der Waals surface area contributed by atoms with Gasteiger partial charge in [-0.2, -0.15) is 0 Å². The third-order valence-corrected chi connectivity index (χ3v) is 2.69. The zero-order chi connectivity index (χ0) is 11.5. The van der Waals surface area contributed by atoms with Crippen molar-refractivity contribution in [2.45, 2.75) is 17.4 Å². The summed E-state index contributed by atoms with van der Waals surface area (Å²) in [5.74, 6) is 0.994. The Bertz CT molecular complexity index is 468. The summed E-state index contributed by atoms with van der Waals surface area (Å²) in [6.45, 7) is 0. The Morgan fingerprint density at radius 3 is 2.88 bits per heavy atom. The van der Waals surface area contributed by atoms with Crippen LogP contribution in [0, 0.1) is 0 Å². The molecule has 0 aliphatic heterocycles. The maximum atomic E-state index is 9.69. The molecule has 16 heavy (non-hydrogen) atoms. The van der Waals surface area contributed by atoms with Crippen LogP contribution in [0.3, 0.4) is 0 Å². The minimum Gasteiger partial charge on any atom is -0.508 e. The van der Waals surface area contributed by atoms with Gasteiger partial charge in [0.1, 0.15) is 11.5 Å². The normalized spacial score (nSPS) is 12.6. The number of nitrogens with two attached hydrogens (primary N) is 1. The molecule has 0 saturated carbocycles. The van der Waals surface area contributed by atoms with Crippen LogP contribution >= 0.6 is 12.6 Å². The number of phenolic OH excluding ortho intramolecular Hbond substituents is 1. The summed E-state index contributed by atoms with van der Waals surface area (Å²) in [7, 11) is 0. The first kappa shape index (κ1) is 11.1. The largest absolute Gasteiger partial charge is 0.508 e. The van der Waals surface area contributed by atoms with Gasteiger partial charge in [0, 0.05) is 22.9 Å². The van der Waals surface area contributed by atoms with E-state index in [1.807, 2.05) is 12.1 Å². The van der Waals surface area contributed by atoms with Crippen LogP contribution < -0.4 is 5.73 Å². The first-order chi connectivity index (χ1) is 7.66. The summed E-state index contributed by atoms with van der Waals surface area (Å²) >= 11 is 4.22. The van der Waals surface area contributed by atoms with E-state index < -0.39 is 0 Å². The van der Waals surface area contributed by atoms with Crippen LogP contribution in [-0.4, -0.2) is 5.11 Å². The number of hydrogen-bond donors (Lipinski definition) is 3. The highest BCUT2D eigenvalue weighted by Gasteiger charge is 2.13. The quantitative estimate of drug-likeness (QED) is 0.716. The number of hydrogen-bond acceptors (Lipinski definition) is 4. The molecule has 1 heterocycles. The molecule has 1 unspecified atom stereocenters. The monoisotopic (exact) mass is 235 g/mol. The van der Waals surface area contributed by atoms with E-state index in [0.29, 0.717) is 12.0 Å². The molecule has 0 saturated heterocycles. The first-order valence-corrected chi connectivity index (χ1v) is 5.41. The van der Waals surface area contributed by atoms with Gasteiger partial charge in [0.25, 0.3) is 0 Å².